The number of hydrogen-bond donors (Lipinski definition) is 1. The Morgan fingerprint density at radius 1 is 1.50 bits per heavy atom. The molecular formula is C8H16N2. The quantitative estimate of drug-likeness (QED) is 0.625. The summed E-state index contributed by atoms with van der Waals surface area (Å²) in [6.07, 6.45) is 2.52. The van der Waals surface area contributed by atoms with Crippen LogP contribution < -0.4 is 5.73 Å². The third-order valence-electron chi connectivity index (χ3n) is 2.25. The van der Waals surface area contributed by atoms with Crippen molar-refractivity contribution in [2.45, 2.75) is 19.8 Å². The second-order valence-electron chi connectivity index (χ2n) is 2.89. The summed E-state index contributed by atoms with van der Waals surface area (Å²) in [7, 11) is 1.87. The molecule has 1 saturated carbocycles. The number of rotatable bonds is 3. The van der Waals surface area contributed by atoms with Crippen LogP contribution in [-0.4, -0.2) is 19.3 Å². The van der Waals surface area contributed by atoms with Crippen LogP contribution in [-0.2, 0) is 0 Å². The SMILES string of the molecule is CCCC1C(=NC)C1CN. The molecule has 2 N–H and O–H groups in total. The van der Waals surface area contributed by atoms with Gasteiger partial charge < -0.3 is 5.73 Å². The third kappa shape index (κ3) is 1.21. The number of hydrogen-bond acceptors (Lipinski definition) is 2. The Morgan fingerprint density at radius 2 is 2.20 bits per heavy atom. The van der Waals surface area contributed by atoms with Crippen LogP contribution >= 0.6 is 0 Å². The highest BCUT2D eigenvalue weighted by atomic mass is 14.8. The van der Waals surface area contributed by atoms with Crippen molar-refractivity contribution in [3.05, 3.63) is 0 Å². The highest BCUT2D eigenvalue weighted by Crippen LogP contribution is 2.37. The fourth-order valence-electron chi connectivity index (χ4n) is 1.64. The fourth-order valence-corrected chi connectivity index (χ4v) is 1.64. The normalized spacial score (nSPS) is 34.9. The van der Waals surface area contributed by atoms with Gasteiger partial charge in [-0.05, 0) is 6.42 Å². The zero-order valence-electron chi connectivity index (χ0n) is 6.80. The average molecular weight is 140 g/mol. The lowest BCUT2D eigenvalue weighted by atomic mass is 10.2. The smallest absolute Gasteiger partial charge is 0.0276 e. The molecule has 0 radical (unpaired) electrons. The molecule has 2 nitrogen and oxygen atoms in total. The van der Waals surface area contributed by atoms with Crippen molar-refractivity contribution in [2.75, 3.05) is 13.6 Å². The van der Waals surface area contributed by atoms with Crippen molar-refractivity contribution < 1.29 is 0 Å². The van der Waals surface area contributed by atoms with E-state index in [1.54, 1.807) is 0 Å². The minimum atomic E-state index is 0.630. The molecule has 0 amide bonds. The van der Waals surface area contributed by atoms with Crippen LogP contribution in [0.4, 0.5) is 0 Å². The first-order chi connectivity index (χ1) is 4.85. The molecule has 10 heavy (non-hydrogen) atoms. The van der Waals surface area contributed by atoms with Crippen LogP contribution in [0.2, 0.25) is 0 Å². The van der Waals surface area contributed by atoms with Gasteiger partial charge in [0.15, 0.2) is 0 Å². The van der Waals surface area contributed by atoms with Gasteiger partial charge in [-0.3, -0.25) is 4.99 Å². The van der Waals surface area contributed by atoms with Gasteiger partial charge in [0.25, 0.3) is 0 Å². The van der Waals surface area contributed by atoms with Crippen molar-refractivity contribution in [3.63, 3.8) is 0 Å². The molecule has 0 saturated heterocycles. The molecule has 0 aromatic carbocycles. The molecule has 0 heterocycles. The van der Waals surface area contributed by atoms with E-state index in [1.807, 2.05) is 7.05 Å². The first-order valence-electron chi connectivity index (χ1n) is 4.01. The van der Waals surface area contributed by atoms with Gasteiger partial charge in [0.05, 0.1) is 0 Å². The van der Waals surface area contributed by atoms with Gasteiger partial charge >= 0.3 is 0 Å². The highest BCUT2D eigenvalue weighted by molar-refractivity contribution is 6.04. The van der Waals surface area contributed by atoms with Crippen LogP contribution in [0.1, 0.15) is 19.8 Å². The molecule has 0 spiro atoms. The average Bonchev–Trinajstić information content (AvgIpc) is 2.62. The van der Waals surface area contributed by atoms with E-state index in [1.165, 1.54) is 18.6 Å². The molecule has 58 valence electrons. The monoisotopic (exact) mass is 140 g/mol. The molecule has 0 aromatic rings. The predicted octanol–water partition coefficient (Wildman–Crippen LogP) is 1.06. The van der Waals surface area contributed by atoms with Crippen molar-refractivity contribution in [2.24, 2.45) is 22.6 Å². The van der Waals surface area contributed by atoms with E-state index >= 15 is 0 Å². The Morgan fingerprint density at radius 3 is 2.50 bits per heavy atom. The summed E-state index contributed by atoms with van der Waals surface area (Å²) in [5.74, 6) is 1.37. The van der Waals surface area contributed by atoms with Crippen LogP contribution in [0.3, 0.4) is 0 Å². The molecule has 2 atom stereocenters. The number of nitrogens with zero attached hydrogens (tertiary/aromatic N) is 1. The largest absolute Gasteiger partial charge is 0.330 e. The first kappa shape index (κ1) is 7.73. The van der Waals surface area contributed by atoms with E-state index < -0.39 is 0 Å². The number of aliphatic imine (C=N–C) groups is 1. The Labute approximate surface area is 62.5 Å². The van der Waals surface area contributed by atoms with Crippen LogP contribution in [0, 0.1) is 11.8 Å². The second kappa shape index (κ2) is 3.15. The van der Waals surface area contributed by atoms with E-state index in [-0.39, 0.29) is 0 Å². The summed E-state index contributed by atoms with van der Waals surface area (Å²) in [5.41, 5.74) is 6.89. The highest BCUT2D eigenvalue weighted by Gasteiger charge is 2.43. The van der Waals surface area contributed by atoms with Gasteiger partial charge in [0.1, 0.15) is 0 Å². The minimum absolute atomic E-state index is 0.630. The van der Waals surface area contributed by atoms with E-state index in [4.69, 9.17) is 5.73 Å². The van der Waals surface area contributed by atoms with Gasteiger partial charge in [-0.25, -0.2) is 0 Å². The zero-order chi connectivity index (χ0) is 7.56. The molecule has 0 bridgehead atoms. The molecule has 1 aliphatic rings. The Kier molecular flexibility index (Phi) is 2.44. The lowest BCUT2D eigenvalue weighted by molar-refractivity contribution is 0.640. The van der Waals surface area contributed by atoms with E-state index in [0.717, 1.165) is 12.5 Å². The molecule has 2 unspecified atom stereocenters. The predicted molar refractivity (Wildman–Crippen MR) is 44.3 cm³/mol. The summed E-state index contributed by atoms with van der Waals surface area (Å²) >= 11 is 0. The maximum atomic E-state index is 5.54. The lowest BCUT2D eigenvalue weighted by Gasteiger charge is -1.88. The Bertz CT molecular complexity index is 140. The molecule has 2 heteroatoms. The topological polar surface area (TPSA) is 38.4 Å². The molecule has 1 aliphatic carbocycles. The van der Waals surface area contributed by atoms with E-state index in [2.05, 4.69) is 11.9 Å². The summed E-state index contributed by atoms with van der Waals surface area (Å²) in [5, 5.41) is 0. The molecule has 1 fully saturated rings. The zero-order valence-corrected chi connectivity index (χ0v) is 6.80. The van der Waals surface area contributed by atoms with Crippen molar-refractivity contribution >= 4 is 5.71 Å². The van der Waals surface area contributed by atoms with Crippen LogP contribution in [0.25, 0.3) is 0 Å². The van der Waals surface area contributed by atoms with Gasteiger partial charge in [0.2, 0.25) is 0 Å². The van der Waals surface area contributed by atoms with Gasteiger partial charge in [-0.2, -0.15) is 0 Å². The summed E-state index contributed by atoms with van der Waals surface area (Å²) in [6, 6.07) is 0. The first-order valence-corrected chi connectivity index (χ1v) is 4.01. The third-order valence-corrected chi connectivity index (χ3v) is 2.25. The van der Waals surface area contributed by atoms with Gasteiger partial charge in [0, 0.05) is 31.1 Å². The minimum Gasteiger partial charge on any atom is -0.330 e. The summed E-state index contributed by atoms with van der Waals surface area (Å²) in [6.45, 7) is 3.00. The maximum absolute atomic E-state index is 5.54. The van der Waals surface area contributed by atoms with Crippen molar-refractivity contribution in [1.29, 1.82) is 0 Å². The lowest BCUT2D eigenvalue weighted by Crippen LogP contribution is -2.03. The maximum Gasteiger partial charge on any atom is 0.0276 e. The standard InChI is InChI=1S/C8H16N2/c1-3-4-6-7(5-9)8(6)10-2/h6-7H,3-5,9H2,1-2H3. The molecule has 0 aromatic heterocycles. The fraction of sp³-hybridized carbons (Fsp3) is 0.875. The number of nitrogens with two attached hydrogens (primary N) is 1. The Balaban J connectivity index is 2.37. The molecular weight excluding hydrogens is 124 g/mol. The summed E-state index contributed by atoms with van der Waals surface area (Å²) < 4.78 is 0. The molecule has 0 aliphatic heterocycles. The summed E-state index contributed by atoms with van der Waals surface area (Å²) in [4.78, 5) is 4.19. The Hall–Kier alpha value is -0.370. The van der Waals surface area contributed by atoms with E-state index in [0.29, 0.717) is 5.92 Å². The van der Waals surface area contributed by atoms with Crippen LogP contribution in [0.5, 0.6) is 0 Å². The van der Waals surface area contributed by atoms with Gasteiger partial charge in [-0.15, -0.1) is 0 Å². The van der Waals surface area contributed by atoms with Crippen molar-refractivity contribution in [3.8, 4) is 0 Å². The second-order valence-corrected chi connectivity index (χ2v) is 2.89. The van der Waals surface area contributed by atoms with Gasteiger partial charge in [-0.1, -0.05) is 13.3 Å². The van der Waals surface area contributed by atoms with Crippen LogP contribution in [0.15, 0.2) is 4.99 Å². The van der Waals surface area contributed by atoms with Crippen molar-refractivity contribution in [1.82, 2.24) is 0 Å². The molecule has 1 rings (SSSR count). The van der Waals surface area contributed by atoms with E-state index in [9.17, 15) is 0 Å².